The van der Waals surface area contributed by atoms with Crippen LogP contribution in [0.2, 0.25) is 10.0 Å². The van der Waals surface area contributed by atoms with Gasteiger partial charge in [0.15, 0.2) is 5.58 Å². The van der Waals surface area contributed by atoms with E-state index >= 15 is 0 Å². The molecule has 1 heterocycles. The summed E-state index contributed by atoms with van der Waals surface area (Å²) < 4.78 is 5.80. The van der Waals surface area contributed by atoms with Gasteiger partial charge in [-0.3, -0.25) is 4.79 Å². The lowest BCUT2D eigenvalue weighted by Crippen LogP contribution is -2.12. The highest BCUT2D eigenvalue weighted by Gasteiger charge is 2.13. The van der Waals surface area contributed by atoms with E-state index < -0.39 is 0 Å². The Morgan fingerprint density at radius 3 is 2.50 bits per heavy atom. The molecule has 0 aliphatic heterocycles. The average molecular weight is 411 g/mol. The minimum absolute atomic E-state index is 0.170. The van der Waals surface area contributed by atoms with Crippen molar-refractivity contribution >= 4 is 45.9 Å². The van der Waals surface area contributed by atoms with Crippen molar-refractivity contribution < 1.29 is 9.21 Å². The number of oxazole rings is 1. The van der Waals surface area contributed by atoms with E-state index in [1.807, 2.05) is 50.2 Å². The summed E-state index contributed by atoms with van der Waals surface area (Å²) in [6, 6.07) is 16.4. The van der Waals surface area contributed by atoms with Gasteiger partial charge in [-0.25, -0.2) is 4.98 Å². The third-order valence-corrected chi connectivity index (χ3v) is 4.76. The molecular formula is C22H16Cl2N2O2. The highest BCUT2D eigenvalue weighted by Crippen LogP contribution is 2.32. The Balaban J connectivity index is 1.64. The van der Waals surface area contributed by atoms with Crippen LogP contribution in [0.3, 0.4) is 0 Å². The summed E-state index contributed by atoms with van der Waals surface area (Å²) in [5.74, 6) is 0.234. The summed E-state index contributed by atoms with van der Waals surface area (Å²) in [7, 11) is 0. The molecule has 1 amide bonds. The van der Waals surface area contributed by atoms with E-state index in [4.69, 9.17) is 27.6 Å². The molecule has 0 aliphatic rings. The molecule has 0 unspecified atom stereocenters. The molecule has 0 aliphatic carbocycles. The Labute approximate surface area is 172 Å². The van der Waals surface area contributed by atoms with E-state index in [2.05, 4.69) is 10.3 Å². The van der Waals surface area contributed by atoms with Crippen LogP contribution >= 0.6 is 23.2 Å². The minimum atomic E-state index is -0.170. The zero-order chi connectivity index (χ0) is 19.8. The van der Waals surface area contributed by atoms with Crippen molar-refractivity contribution in [3.8, 4) is 11.5 Å². The molecule has 0 saturated carbocycles. The van der Waals surface area contributed by atoms with Crippen molar-refractivity contribution in [2.75, 3.05) is 5.32 Å². The maximum absolute atomic E-state index is 12.6. The second kappa shape index (κ2) is 7.30. The first kappa shape index (κ1) is 18.5. The van der Waals surface area contributed by atoms with Crippen LogP contribution < -0.4 is 5.32 Å². The average Bonchev–Trinajstić information content (AvgIpc) is 3.05. The fourth-order valence-corrected chi connectivity index (χ4v) is 3.64. The van der Waals surface area contributed by atoms with E-state index in [1.165, 1.54) is 0 Å². The first-order valence-electron chi connectivity index (χ1n) is 8.65. The molecule has 6 heteroatoms. The number of hydrogen-bond donors (Lipinski definition) is 1. The van der Waals surface area contributed by atoms with Gasteiger partial charge in [0.2, 0.25) is 5.89 Å². The number of carbonyl (C=O) groups is 1. The molecule has 140 valence electrons. The zero-order valence-electron chi connectivity index (χ0n) is 15.2. The lowest BCUT2D eigenvalue weighted by atomic mass is 10.1. The van der Waals surface area contributed by atoms with Gasteiger partial charge in [-0.1, -0.05) is 46.5 Å². The normalized spacial score (nSPS) is 11.0. The number of nitrogens with one attached hydrogen (secondary N) is 1. The Morgan fingerprint density at radius 1 is 1.00 bits per heavy atom. The number of carbonyl (C=O) groups excluding carboxylic acids is 1. The van der Waals surface area contributed by atoms with Crippen LogP contribution in [-0.4, -0.2) is 10.9 Å². The number of aryl methyl sites for hydroxylation is 2. The predicted molar refractivity (Wildman–Crippen MR) is 113 cm³/mol. The van der Waals surface area contributed by atoms with Crippen LogP contribution in [0.25, 0.3) is 22.6 Å². The number of amides is 1. The van der Waals surface area contributed by atoms with Crippen LogP contribution in [0.5, 0.6) is 0 Å². The van der Waals surface area contributed by atoms with Gasteiger partial charge in [0.25, 0.3) is 5.91 Å². The molecule has 1 aromatic heterocycles. The molecule has 28 heavy (non-hydrogen) atoms. The molecule has 3 aromatic carbocycles. The van der Waals surface area contributed by atoms with Crippen LogP contribution in [0.4, 0.5) is 5.69 Å². The Hall–Kier alpha value is -2.82. The van der Waals surface area contributed by atoms with E-state index in [0.717, 1.165) is 16.7 Å². The number of aromatic nitrogens is 1. The van der Waals surface area contributed by atoms with Gasteiger partial charge in [-0.15, -0.1) is 0 Å². The first-order valence-corrected chi connectivity index (χ1v) is 9.40. The summed E-state index contributed by atoms with van der Waals surface area (Å²) in [5.41, 5.74) is 5.13. The maximum atomic E-state index is 12.6. The summed E-state index contributed by atoms with van der Waals surface area (Å²) in [6.45, 7) is 3.93. The zero-order valence-corrected chi connectivity index (χ0v) is 16.7. The van der Waals surface area contributed by atoms with E-state index in [0.29, 0.717) is 38.3 Å². The number of nitrogens with zero attached hydrogens (tertiary/aromatic N) is 1. The molecular weight excluding hydrogens is 395 g/mol. The standard InChI is InChI=1S/C22H16Cl2N2O2/c1-12-6-13(2)8-15(7-12)21(27)25-17-5-3-4-14(9-17)22-26-19-11-16(23)10-18(24)20(19)28-22/h3-11H,1-2H3,(H,25,27). The van der Waals surface area contributed by atoms with Crippen molar-refractivity contribution in [3.63, 3.8) is 0 Å². The molecule has 0 fully saturated rings. The topological polar surface area (TPSA) is 55.1 Å². The van der Waals surface area contributed by atoms with Crippen molar-refractivity contribution in [1.82, 2.24) is 4.98 Å². The number of fused-ring (bicyclic) bond motifs is 1. The molecule has 0 bridgehead atoms. The highest BCUT2D eigenvalue weighted by atomic mass is 35.5. The maximum Gasteiger partial charge on any atom is 0.255 e. The molecule has 4 nitrogen and oxygen atoms in total. The number of halogens is 2. The van der Waals surface area contributed by atoms with Gasteiger partial charge in [0.05, 0.1) is 5.02 Å². The second-order valence-electron chi connectivity index (χ2n) is 6.67. The fourth-order valence-electron chi connectivity index (χ4n) is 3.12. The Bertz CT molecular complexity index is 1190. The van der Waals surface area contributed by atoms with Gasteiger partial charge in [-0.2, -0.15) is 0 Å². The smallest absolute Gasteiger partial charge is 0.255 e. The summed E-state index contributed by atoms with van der Waals surface area (Å²) in [4.78, 5) is 17.1. The molecule has 0 spiro atoms. The van der Waals surface area contributed by atoms with Crippen LogP contribution in [0.15, 0.2) is 59.0 Å². The predicted octanol–water partition coefficient (Wildman–Crippen LogP) is 6.67. The van der Waals surface area contributed by atoms with Gasteiger partial charge < -0.3 is 9.73 Å². The van der Waals surface area contributed by atoms with Gasteiger partial charge >= 0.3 is 0 Å². The minimum Gasteiger partial charge on any atom is -0.435 e. The number of anilines is 1. The van der Waals surface area contributed by atoms with Crippen LogP contribution in [-0.2, 0) is 0 Å². The largest absolute Gasteiger partial charge is 0.435 e. The Morgan fingerprint density at radius 2 is 1.75 bits per heavy atom. The number of rotatable bonds is 3. The van der Waals surface area contributed by atoms with Gasteiger partial charge in [-0.05, 0) is 56.3 Å². The first-order chi connectivity index (χ1) is 13.4. The van der Waals surface area contributed by atoms with Crippen molar-refractivity contribution in [2.45, 2.75) is 13.8 Å². The molecule has 4 aromatic rings. The van der Waals surface area contributed by atoms with Gasteiger partial charge in [0.1, 0.15) is 5.52 Å². The third kappa shape index (κ3) is 3.75. The summed E-state index contributed by atoms with van der Waals surface area (Å²) in [5, 5.41) is 3.82. The van der Waals surface area contributed by atoms with E-state index in [-0.39, 0.29) is 5.91 Å². The monoisotopic (exact) mass is 410 g/mol. The molecule has 0 atom stereocenters. The summed E-state index contributed by atoms with van der Waals surface area (Å²) >= 11 is 12.2. The molecule has 0 radical (unpaired) electrons. The quantitative estimate of drug-likeness (QED) is 0.410. The number of benzene rings is 3. The van der Waals surface area contributed by atoms with Crippen LogP contribution in [0, 0.1) is 13.8 Å². The molecule has 4 rings (SSSR count). The number of hydrogen-bond acceptors (Lipinski definition) is 3. The van der Waals surface area contributed by atoms with Crippen LogP contribution in [0.1, 0.15) is 21.5 Å². The molecule has 0 saturated heterocycles. The van der Waals surface area contributed by atoms with E-state index in [9.17, 15) is 4.79 Å². The van der Waals surface area contributed by atoms with Crippen molar-refractivity contribution in [1.29, 1.82) is 0 Å². The second-order valence-corrected chi connectivity index (χ2v) is 7.51. The lowest BCUT2D eigenvalue weighted by Gasteiger charge is -2.08. The lowest BCUT2D eigenvalue weighted by molar-refractivity contribution is 0.102. The van der Waals surface area contributed by atoms with Crippen molar-refractivity contribution in [3.05, 3.63) is 81.3 Å². The Kier molecular flexibility index (Phi) is 4.84. The SMILES string of the molecule is Cc1cc(C)cc(C(=O)Nc2cccc(-c3nc4cc(Cl)cc(Cl)c4o3)c2)c1. The summed E-state index contributed by atoms with van der Waals surface area (Å²) in [6.07, 6.45) is 0. The van der Waals surface area contributed by atoms with Gasteiger partial charge in [0, 0.05) is 21.8 Å². The van der Waals surface area contributed by atoms with E-state index in [1.54, 1.807) is 18.2 Å². The fraction of sp³-hybridized carbons (Fsp3) is 0.0909. The highest BCUT2D eigenvalue weighted by molar-refractivity contribution is 6.38. The third-order valence-electron chi connectivity index (χ3n) is 4.26. The van der Waals surface area contributed by atoms with Crippen molar-refractivity contribution in [2.24, 2.45) is 0 Å². The molecule has 1 N–H and O–H groups in total.